The van der Waals surface area contributed by atoms with Crippen LogP contribution in [0.3, 0.4) is 0 Å². The molecule has 1 saturated heterocycles. The van der Waals surface area contributed by atoms with Crippen molar-refractivity contribution in [3.8, 4) is 0 Å². The van der Waals surface area contributed by atoms with Crippen LogP contribution in [-0.2, 0) is 4.74 Å². The molecule has 1 amide bonds. The van der Waals surface area contributed by atoms with Crippen molar-refractivity contribution < 1.29 is 9.53 Å². The summed E-state index contributed by atoms with van der Waals surface area (Å²) in [6.45, 7) is 3.22. The Morgan fingerprint density at radius 1 is 1.14 bits per heavy atom. The van der Waals surface area contributed by atoms with E-state index in [0.717, 1.165) is 35.6 Å². The monoisotopic (exact) mass is 409 g/mol. The van der Waals surface area contributed by atoms with E-state index in [1.807, 2.05) is 24.3 Å². The fraction of sp³-hybridized carbons (Fsp3) is 0.250. The van der Waals surface area contributed by atoms with Gasteiger partial charge in [-0.05, 0) is 59.0 Å². The predicted octanol–water partition coefficient (Wildman–Crippen LogP) is 2.78. The molecule has 5 nitrogen and oxygen atoms in total. The highest BCUT2D eigenvalue weighted by atomic mass is 127. The lowest BCUT2D eigenvalue weighted by Gasteiger charge is -2.28. The van der Waals surface area contributed by atoms with Gasteiger partial charge in [0.15, 0.2) is 0 Å². The zero-order valence-electron chi connectivity index (χ0n) is 12.0. The van der Waals surface area contributed by atoms with Crippen LogP contribution >= 0.6 is 22.6 Å². The minimum absolute atomic E-state index is 0.150. The van der Waals surface area contributed by atoms with Crippen LogP contribution in [0.1, 0.15) is 10.4 Å². The van der Waals surface area contributed by atoms with Gasteiger partial charge in [-0.3, -0.25) is 4.79 Å². The van der Waals surface area contributed by atoms with Crippen molar-refractivity contribution in [2.24, 2.45) is 0 Å². The molecule has 3 rings (SSSR count). The van der Waals surface area contributed by atoms with Gasteiger partial charge >= 0.3 is 0 Å². The Labute approximate surface area is 142 Å². The first-order chi connectivity index (χ1) is 10.7. The molecule has 1 aromatic heterocycles. The maximum Gasteiger partial charge on any atom is 0.256 e. The molecular formula is C16H16IN3O2. The number of pyridine rings is 1. The van der Waals surface area contributed by atoms with Gasteiger partial charge in [-0.25, -0.2) is 4.98 Å². The summed E-state index contributed by atoms with van der Waals surface area (Å²) in [6.07, 6.45) is 1.79. The van der Waals surface area contributed by atoms with Crippen molar-refractivity contribution in [1.82, 2.24) is 4.98 Å². The summed E-state index contributed by atoms with van der Waals surface area (Å²) in [6, 6.07) is 11.2. The van der Waals surface area contributed by atoms with E-state index in [9.17, 15) is 4.79 Å². The number of amides is 1. The number of morpholine rings is 1. The molecule has 6 heteroatoms. The van der Waals surface area contributed by atoms with Crippen molar-refractivity contribution >= 4 is 40.0 Å². The Bertz CT molecular complexity index is 637. The number of ether oxygens (including phenoxy) is 1. The van der Waals surface area contributed by atoms with Crippen molar-refractivity contribution in [3.63, 3.8) is 0 Å². The van der Waals surface area contributed by atoms with Crippen LogP contribution in [0.4, 0.5) is 11.5 Å². The lowest BCUT2D eigenvalue weighted by atomic mass is 10.2. The molecule has 114 valence electrons. The average molecular weight is 409 g/mol. The first-order valence-corrected chi connectivity index (χ1v) is 8.16. The van der Waals surface area contributed by atoms with Crippen LogP contribution < -0.4 is 10.2 Å². The van der Waals surface area contributed by atoms with Gasteiger partial charge in [0.25, 0.3) is 5.91 Å². The molecule has 0 unspecified atom stereocenters. The normalized spacial score (nSPS) is 14.7. The van der Waals surface area contributed by atoms with Gasteiger partial charge in [0.05, 0.1) is 25.1 Å². The van der Waals surface area contributed by atoms with Crippen LogP contribution in [0.25, 0.3) is 0 Å². The number of benzene rings is 1. The Morgan fingerprint density at radius 3 is 2.50 bits per heavy atom. The van der Waals surface area contributed by atoms with Gasteiger partial charge in [0.2, 0.25) is 0 Å². The van der Waals surface area contributed by atoms with E-state index in [1.165, 1.54) is 0 Å². The number of nitrogens with zero attached hydrogens (tertiary/aromatic N) is 2. The second-order valence-electron chi connectivity index (χ2n) is 4.96. The van der Waals surface area contributed by atoms with E-state index >= 15 is 0 Å². The number of anilines is 2. The molecule has 0 atom stereocenters. The van der Waals surface area contributed by atoms with Gasteiger partial charge in [0, 0.05) is 22.2 Å². The molecule has 1 aliphatic heterocycles. The Kier molecular flexibility index (Phi) is 4.89. The van der Waals surface area contributed by atoms with Crippen LogP contribution in [0.5, 0.6) is 0 Å². The van der Waals surface area contributed by atoms with E-state index in [2.05, 4.69) is 37.8 Å². The molecule has 1 aromatic carbocycles. The van der Waals surface area contributed by atoms with E-state index < -0.39 is 0 Å². The maximum atomic E-state index is 12.1. The fourth-order valence-electron chi connectivity index (χ4n) is 2.26. The molecule has 0 bridgehead atoms. The molecule has 0 aliphatic carbocycles. The van der Waals surface area contributed by atoms with E-state index in [1.54, 1.807) is 18.3 Å². The molecule has 0 saturated carbocycles. The number of carbonyl (C=O) groups excluding carboxylic acids is 1. The fourth-order valence-corrected chi connectivity index (χ4v) is 2.62. The zero-order valence-corrected chi connectivity index (χ0v) is 14.1. The maximum absolute atomic E-state index is 12.1. The van der Waals surface area contributed by atoms with Gasteiger partial charge in [-0.15, -0.1) is 0 Å². The zero-order chi connectivity index (χ0) is 15.4. The van der Waals surface area contributed by atoms with Crippen molar-refractivity contribution in [3.05, 3.63) is 51.7 Å². The van der Waals surface area contributed by atoms with Crippen LogP contribution in [0, 0.1) is 3.57 Å². The molecule has 0 radical (unpaired) electrons. The van der Waals surface area contributed by atoms with E-state index in [0.29, 0.717) is 11.4 Å². The number of carbonyl (C=O) groups is 1. The second kappa shape index (κ2) is 7.06. The van der Waals surface area contributed by atoms with Crippen LogP contribution in [0.15, 0.2) is 42.6 Å². The minimum atomic E-state index is -0.150. The van der Waals surface area contributed by atoms with E-state index in [4.69, 9.17) is 4.74 Å². The Hall–Kier alpha value is -1.67. The van der Waals surface area contributed by atoms with E-state index in [-0.39, 0.29) is 5.91 Å². The molecule has 22 heavy (non-hydrogen) atoms. The molecule has 2 heterocycles. The summed E-state index contributed by atoms with van der Waals surface area (Å²) in [5.41, 5.74) is 1.68. The quantitative estimate of drug-likeness (QED) is 0.793. The third-order valence-corrected chi connectivity index (χ3v) is 4.19. The summed E-state index contributed by atoms with van der Waals surface area (Å²) in [7, 11) is 0. The summed E-state index contributed by atoms with van der Waals surface area (Å²) >= 11 is 2.21. The Balaban J connectivity index is 1.65. The van der Waals surface area contributed by atoms with Gasteiger partial charge in [0.1, 0.15) is 5.82 Å². The lowest BCUT2D eigenvalue weighted by molar-refractivity contribution is 0.102. The van der Waals surface area contributed by atoms with Gasteiger partial charge in [-0.1, -0.05) is 0 Å². The largest absolute Gasteiger partial charge is 0.378 e. The molecule has 1 N–H and O–H groups in total. The summed E-state index contributed by atoms with van der Waals surface area (Å²) in [5, 5.41) is 2.81. The smallest absolute Gasteiger partial charge is 0.256 e. The Morgan fingerprint density at radius 2 is 1.86 bits per heavy atom. The number of rotatable bonds is 3. The highest BCUT2D eigenvalue weighted by Crippen LogP contribution is 2.17. The third kappa shape index (κ3) is 3.75. The summed E-state index contributed by atoms with van der Waals surface area (Å²) in [5.74, 6) is 0.406. The number of halogens is 1. The summed E-state index contributed by atoms with van der Waals surface area (Å²) < 4.78 is 6.43. The average Bonchev–Trinajstić information content (AvgIpc) is 2.57. The second-order valence-corrected chi connectivity index (χ2v) is 6.21. The minimum Gasteiger partial charge on any atom is -0.378 e. The molecular weight excluding hydrogens is 393 g/mol. The lowest BCUT2D eigenvalue weighted by Crippen LogP contribution is -2.36. The first kappa shape index (κ1) is 15.2. The molecule has 1 aliphatic rings. The third-order valence-electron chi connectivity index (χ3n) is 3.47. The number of hydrogen-bond donors (Lipinski definition) is 1. The highest BCUT2D eigenvalue weighted by Gasteiger charge is 2.12. The van der Waals surface area contributed by atoms with Crippen LogP contribution in [0.2, 0.25) is 0 Å². The molecule has 2 aromatic rings. The van der Waals surface area contributed by atoms with Crippen LogP contribution in [-0.4, -0.2) is 37.2 Å². The van der Waals surface area contributed by atoms with Crippen molar-refractivity contribution in [2.45, 2.75) is 0 Å². The number of hydrogen-bond acceptors (Lipinski definition) is 4. The van der Waals surface area contributed by atoms with Crippen molar-refractivity contribution in [1.29, 1.82) is 0 Å². The molecule has 1 fully saturated rings. The first-order valence-electron chi connectivity index (χ1n) is 7.08. The molecule has 0 spiro atoms. The summed E-state index contributed by atoms with van der Waals surface area (Å²) in [4.78, 5) is 18.7. The number of nitrogens with one attached hydrogen (secondary N) is 1. The number of aromatic nitrogens is 1. The predicted molar refractivity (Wildman–Crippen MR) is 94.4 cm³/mol. The highest BCUT2D eigenvalue weighted by molar-refractivity contribution is 14.1. The van der Waals surface area contributed by atoms with Crippen molar-refractivity contribution in [2.75, 3.05) is 36.5 Å². The standard InChI is InChI=1S/C16H16IN3O2/c17-13-3-1-12(2-4-13)16(21)19-15-6-5-14(11-18-15)20-7-9-22-10-8-20/h1-6,11H,7-10H2,(H,18,19,21). The van der Waals surface area contributed by atoms with Gasteiger partial charge in [-0.2, -0.15) is 0 Å². The van der Waals surface area contributed by atoms with Gasteiger partial charge < -0.3 is 15.0 Å². The topological polar surface area (TPSA) is 54.5 Å². The SMILES string of the molecule is O=C(Nc1ccc(N2CCOCC2)cn1)c1ccc(I)cc1.